The van der Waals surface area contributed by atoms with Crippen LogP contribution in [0.5, 0.6) is 0 Å². The summed E-state index contributed by atoms with van der Waals surface area (Å²) >= 11 is 6.06. The third-order valence-corrected chi connectivity index (χ3v) is 2.34. The topological polar surface area (TPSA) is 27.0 Å². The molecule has 0 aliphatic heterocycles. The highest BCUT2D eigenvalue weighted by molar-refractivity contribution is 6.31. The van der Waals surface area contributed by atoms with Crippen molar-refractivity contribution in [3.8, 4) is 6.07 Å². The lowest BCUT2D eigenvalue weighted by atomic mass is 10.1. The summed E-state index contributed by atoms with van der Waals surface area (Å²) in [5.41, 5.74) is 2.22. The first-order valence-corrected chi connectivity index (χ1v) is 4.82. The molecule has 1 aromatic carbocycles. The SMILES string of the molecule is Cc1ccc(CN(C)CC#N)c(Cl)c1. The highest BCUT2D eigenvalue weighted by atomic mass is 35.5. The lowest BCUT2D eigenvalue weighted by Crippen LogP contribution is -2.17. The van der Waals surface area contributed by atoms with Crippen LogP contribution in [0.25, 0.3) is 0 Å². The van der Waals surface area contributed by atoms with E-state index in [2.05, 4.69) is 6.07 Å². The fraction of sp³-hybridized carbons (Fsp3) is 0.364. The summed E-state index contributed by atoms with van der Waals surface area (Å²) < 4.78 is 0. The van der Waals surface area contributed by atoms with E-state index in [1.54, 1.807) is 0 Å². The number of hydrogen-bond acceptors (Lipinski definition) is 2. The molecule has 0 bridgehead atoms. The van der Waals surface area contributed by atoms with Crippen molar-refractivity contribution in [2.45, 2.75) is 13.5 Å². The van der Waals surface area contributed by atoms with Crippen LogP contribution in [-0.4, -0.2) is 18.5 Å². The molecule has 0 spiro atoms. The fourth-order valence-electron chi connectivity index (χ4n) is 1.25. The van der Waals surface area contributed by atoms with E-state index >= 15 is 0 Å². The van der Waals surface area contributed by atoms with Gasteiger partial charge in [-0.3, -0.25) is 4.90 Å². The van der Waals surface area contributed by atoms with E-state index in [1.165, 1.54) is 0 Å². The summed E-state index contributed by atoms with van der Waals surface area (Å²) in [5.74, 6) is 0. The van der Waals surface area contributed by atoms with Crippen molar-refractivity contribution in [1.82, 2.24) is 4.90 Å². The lowest BCUT2D eigenvalue weighted by Gasteiger charge is -2.13. The van der Waals surface area contributed by atoms with Gasteiger partial charge in [-0.15, -0.1) is 0 Å². The molecule has 0 amide bonds. The van der Waals surface area contributed by atoms with Gasteiger partial charge >= 0.3 is 0 Å². The molecular weight excluding hydrogens is 196 g/mol. The molecule has 0 aromatic heterocycles. The maximum absolute atomic E-state index is 8.50. The smallest absolute Gasteiger partial charge is 0.0866 e. The van der Waals surface area contributed by atoms with Gasteiger partial charge in [0.2, 0.25) is 0 Å². The van der Waals surface area contributed by atoms with Crippen molar-refractivity contribution >= 4 is 11.6 Å². The Balaban J connectivity index is 2.73. The van der Waals surface area contributed by atoms with Crippen molar-refractivity contribution in [1.29, 1.82) is 5.26 Å². The number of halogens is 1. The number of nitrogens with zero attached hydrogens (tertiary/aromatic N) is 2. The Labute approximate surface area is 89.7 Å². The molecule has 0 saturated heterocycles. The van der Waals surface area contributed by atoms with E-state index in [9.17, 15) is 0 Å². The summed E-state index contributed by atoms with van der Waals surface area (Å²) in [5, 5.41) is 9.28. The van der Waals surface area contributed by atoms with Crippen LogP contribution in [-0.2, 0) is 6.54 Å². The number of aryl methyl sites for hydroxylation is 1. The monoisotopic (exact) mass is 208 g/mol. The van der Waals surface area contributed by atoms with E-state index in [0.717, 1.165) is 16.1 Å². The predicted molar refractivity (Wildman–Crippen MR) is 58.1 cm³/mol. The second kappa shape index (κ2) is 4.99. The second-order valence-corrected chi connectivity index (χ2v) is 3.83. The minimum absolute atomic E-state index is 0.421. The molecule has 0 fully saturated rings. The molecule has 0 aliphatic rings. The zero-order valence-electron chi connectivity index (χ0n) is 8.42. The quantitative estimate of drug-likeness (QED) is 0.714. The molecule has 74 valence electrons. The van der Waals surface area contributed by atoms with Gasteiger partial charge in [0.1, 0.15) is 0 Å². The molecule has 0 radical (unpaired) electrons. The van der Waals surface area contributed by atoms with E-state index < -0.39 is 0 Å². The molecule has 2 nitrogen and oxygen atoms in total. The average Bonchev–Trinajstić information content (AvgIpc) is 2.10. The predicted octanol–water partition coefficient (Wildman–Crippen LogP) is 2.60. The first-order valence-electron chi connectivity index (χ1n) is 4.44. The van der Waals surface area contributed by atoms with Crippen LogP contribution in [0.1, 0.15) is 11.1 Å². The normalized spacial score (nSPS) is 10.2. The van der Waals surface area contributed by atoms with Gasteiger partial charge < -0.3 is 0 Å². The molecule has 3 heteroatoms. The molecule has 0 atom stereocenters. The van der Waals surface area contributed by atoms with Crippen molar-refractivity contribution in [3.63, 3.8) is 0 Å². The zero-order valence-corrected chi connectivity index (χ0v) is 9.17. The van der Waals surface area contributed by atoms with E-state index in [1.807, 2.05) is 37.1 Å². The molecule has 1 aromatic rings. The summed E-state index contributed by atoms with van der Waals surface area (Å²) in [7, 11) is 1.90. The fourth-order valence-corrected chi connectivity index (χ4v) is 1.54. The van der Waals surface area contributed by atoms with Crippen molar-refractivity contribution in [2.24, 2.45) is 0 Å². The standard InChI is InChI=1S/C11H13ClN2/c1-9-3-4-10(11(12)7-9)8-14(2)6-5-13/h3-4,7H,6,8H2,1-2H3. The lowest BCUT2D eigenvalue weighted by molar-refractivity contribution is 0.367. The highest BCUT2D eigenvalue weighted by Crippen LogP contribution is 2.18. The van der Waals surface area contributed by atoms with Crippen LogP contribution < -0.4 is 0 Å². The summed E-state index contributed by atoms with van der Waals surface area (Å²) in [6.07, 6.45) is 0. The van der Waals surface area contributed by atoms with E-state index in [0.29, 0.717) is 13.1 Å². The first-order chi connectivity index (χ1) is 6.63. The Morgan fingerprint density at radius 2 is 2.21 bits per heavy atom. The van der Waals surface area contributed by atoms with Crippen LogP contribution in [0.15, 0.2) is 18.2 Å². The highest BCUT2D eigenvalue weighted by Gasteiger charge is 2.03. The van der Waals surface area contributed by atoms with Gasteiger partial charge in [0, 0.05) is 11.6 Å². The molecule has 14 heavy (non-hydrogen) atoms. The van der Waals surface area contributed by atoms with Crippen LogP contribution >= 0.6 is 11.6 Å². The van der Waals surface area contributed by atoms with Gasteiger partial charge in [-0.05, 0) is 31.2 Å². The van der Waals surface area contributed by atoms with Gasteiger partial charge in [-0.25, -0.2) is 0 Å². The van der Waals surface area contributed by atoms with Crippen molar-refractivity contribution in [3.05, 3.63) is 34.3 Å². The van der Waals surface area contributed by atoms with Crippen LogP contribution in [0.3, 0.4) is 0 Å². The Bertz CT molecular complexity index is 355. The maximum Gasteiger partial charge on any atom is 0.0866 e. The van der Waals surface area contributed by atoms with E-state index in [-0.39, 0.29) is 0 Å². The molecule has 0 unspecified atom stereocenters. The number of nitriles is 1. The molecule has 0 aliphatic carbocycles. The summed E-state index contributed by atoms with van der Waals surface area (Å²) in [6.45, 7) is 3.14. The van der Waals surface area contributed by atoms with Gasteiger partial charge in [0.05, 0.1) is 12.6 Å². The molecule has 0 saturated carbocycles. The zero-order chi connectivity index (χ0) is 10.6. The molecule has 1 rings (SSSR count). The van der Waals surface area contributed by atoms with Gasteiger partial charge in [0.25, 0.3) is 0 Å². The largest absolute Gasteiger partial charge is 0.289 e. The Morgan fingerprint density at radius 1 is 1.50 bits per heavy atom. The second-order valence-electron chi connectivity index (χ2n) is 3.43. The van der Waals surface area contributed by atoms with Crippen LogP contribution in [0.2, 0.25) is 5.02 Å². The van der Waals surface area contributed by atoms with Gasteiger partial charge in [-0.2, -0.15) is 5.26 Å². The Morgan fingerprint density at radius 3 is 2.79 bits per heavy atom. The summed E-state index contributed by atoms with van der Waals surface area (Å²) in [4.78, 5) is 1.93. The molecular formula is C11H13ClN2. The Kier molecular flexibility index (Phi) is 3.94. The number of benzene rings is 1. The maximum atomic E-state index is 8.50. The average molecular weight is 209 g/mol. The number of hydrogen-bond donors (Lipinski definition) is 0. The van der Waals surface area contributed by atoms with Gasteiger partial charge in [0.15, 0.2) is 0 Å². The Hall–Kier alpha value is -1.04. The minimum Gasteiger partial charge on any atom is -0.289 e. The molecule has 0 heterocycles. The number of rotatable bonds is 3. The van der Waals surface area contributed by atoms with Crippen LogP contribution in [0, 0.1) is 18.3 Å². The third kappa shape index (κ3) is 3.02. The van der Waals surface area contributed by atoms with Gasteiger partial charge in [-0.1, -0.05) is 23.7 Å². The van der Waals surface area contributed by atoms with Crippen molar-refractivity contribution in [2.75, 3.05) is 13.6 Å². The molecule has 0 N–H and O–H groups in total. The minimum atomic E-state index is 0.421. The van der Waals surface area contributed by atoms with Crippen LogP contribution in [0.4, 0.5) is 0 Å². The third-order valence-electron chi connectivity index (χ3n) is 1.99. The summed E-state index contributed by atoms with van der Waals surface area (Å²) in [6, 6.07) is 8.08. The first kappa shape index (κ1) is 11.0. The van der Waals surface area contributed by atoms with E-state index in [4.69, 9.17) is 16.9 Å². The van der Waals surface area contributed by atoms with Crippen molar-refractivity contribution < 1.29 is 0 Å².